The summed E-state index contributed by atoms with van der Waals surface area (Å²) in [4.78, 5) is 2.13. The Morgan fingerprint density at radius 1 is 1.58 bits per heavy atom. The lowest BCUT2D eigenvalue weighted by molar-refractivity contribution is 0.256. The van der Waals surface area contributed by atoms with E-state index in [0.717, 1.165) is 25.3 Å². The summed E-state index contributed by atoms with van der Waals surface area (Å²) >= 11 is 0. The predicted molar refractivity (Wildman–Crippen MR) is 74.8 cm³/mol. The van der Waals surface area contributed by atoms with Crippen LogP contribution in [0, 0.1) is 0 Å². The van der Waals surface area contributed by atoms with Gasteiger partial charge in [-0.15, -0.1) is 0 Å². The van der Waals surface area contributed by atoms with E-state index in [1.54, 1.807) is 6.26 Å². The quantitative estimate of drug-likeness (QED) is 0.847. The van der Waals surface area contributed by atoms with Crippen molar-refractivity contribution in [3.8, 4) is 0 Å². The van der Waals surface area contributed by atoms with Gasteiger partial charge in [0.2, 0.25) is 0 Å². The van der Waals surface area contributed by atoms with Crippen molar-refractivity contribution in [2.24, 2.45) is 0 Å². The molecule has 0 bridgehead atoms. The topological polar surface area (TPSA) is 62.6 Å². The molecule has 6 heteroatoms. The van der Waals surface area contributed by atoms with Crippen molar-refractivity contribution in [2.75, 3.05) is 31.6 Å². The molecule has 1 aromatic rings. The Hall–Kier alpha value is -0.850. The van der Waals surface area contributed by atoms with E-state index in [2.05, 4.69) is 17.1 Å². The van der Waals surface area contributed by atoms with Crippen molar-refractivity contribution in [3.63, 3.8) is 0 Å². The van der Waals surface area contributed by atoms with Crippen LogP contribution >= 0.6 is 0 Å². The van der Waals surface area contributed by atoms with Crippen LogP contribution < -0.4 is 5.32 Å². The van der Waals surface area contributed by atoms with Crippen LogP contribution in [-0.4, -0.2) is 51.0 Å². The predicted octanol–water partition coefficient (Wildman–Crippen LogP) is 1.05. The number of nitrogens with one attached hydrogen (secondary N) is 1. The van der Waals surface area contributed by atoms with Gasteiger partial charge in [0, 0.05) is 19.1 Å². The molecule has 1 aliphatic rings. The molecule has 19 heavy (non-hydrogen) atoms. The number of hydrogen-bond donors (Lipinski definition) is 1. The number of nitrogens with zero attached hydrogens (tertiary/aromatic N) is 1. The molecular formula is C13H22N2O3S. The molecule has 2 unspecified atom stereocenters. The van der Waals surface area contributed by atoms with Gasteiger partial charge in [0.1, 0.15) is 5.76 Å². The lowest BCUT2D eigenvalue weighted by atomic mass is 10.2. The van der Waals surface area contributed by atoms with Gasteiger partial charge >= 0.3 is 0 Å². The Bertz CT molecular complexity index is 484. The van der Waals surface area contributed by atoms with Gasteiger partial charge in [0.25, 0.3) is 0 Å². The first-order chi connectivity index (χ1) is 8.98. The zero-order chi connectivity index (χ0) is 13.9. The average molecular weight is 286 g/mol. The molecule has 2 heterocycles. The summed E-state index contributed by atoms with van der Waals surface area (Å²) in [6.45, 7) is 3.71. The lowest BCUT2D eigenvalue weighted by Crippen LogP contribution is -2.38. The van der Waals surface area contributed by atoms with Crippen molar-refractivity contribution < 1.29 is 12.8 Å². The van der Waals surface area contributed by atoms with E-state index in [-0.39, 0.29) is 12.1 Å². The first-order valence-electron chi connectivity index (χ1n) is 6.65. The minimum absolute atomic E-state index is 0.172. The highest BCUT2D eigenvalue weighted by atomic mass is 32.2. The molecule has 1 fully saturated rings. The van der Waals surface area contributed by atoms with Crippen LogP contribution in [0.3, 0.4) is 0 Å². The highest BCUT2D eigenvalue weighted by Gasteiger charge is 2.30. The van der Waals surface area contributed by atoms with E-state index >= 15 is 0 Å². The highest BCUT2D eigenvalue weighted by molar-refractivity contribution is 7.91. The molecule has 2 rings (SSSR count). The zero-order valence-electron chi connectivity index (χ0n) is 11.5. The normalized spacial score (nSPS) is 23.8. The maximum absolute atomic E-state index is 11.4. The summed E-state index contributed by atoms with van der Waals surface area (Å²) in [6.07, 6.45) is 2.43. The van der Waals surface area contributed by atoms with Gasteiger partial charge in [-0.2, -0.15) is 0 Å². The third kappa shape index (κ3) is 4.06. The van der Waals surface area contributed by atoms with Crippen molar-refractivity contribution in [1.29, 1.82) is 0 Å². The number of sulfone groups is 1. The fourth-order valence-corrected chi connectivity index (χ4v) is 4.21. The summed E-state index contributed by atoms with van der Waals surface area (Å²) in [5.74, 6) is 1.56. The number of hydrogen-bond acceptors (Lipinski definition) is 5. The van der Waals surface area contributed by atoms with Gasteiger partial charge in [-0.25, -0.2) is 8.42 Å². The molecule has 0 spiro atoms. The molecule has 2 atom stereocenters. The van der Waals surface area contributed by atoms with E-state index in [1.165, 1.54) is 0 Å². The van der Waals surface area contributed by atoms with E-state index in [1.807, 2.05) is 19.2 Å². The maximum Gasteiger partial charge on any atom is 0.151 e. The third-order valence-electron chi connectivity index (χ3n) is 3.72. The molecule has 0 saturated carbocycles. The second kappa shape index (κ2) is 6.07. The Kier molecular flexibility index (Phi) is 4.65. The minimum Gasteiger partial charge on any atom is -0.468 e. The smallest absolute Gasteiger partial charge is 0.151 e. The van der Waals surface area contributed by atoms with Gasteiger partial charge in [-0.3, -0.25) is 0 Å². The maximum atomic E-state index is 11.4. The van der Waals surface area contributed by atoms with Gasteiger partial charge in [0.05, 0.1) is 23.8 Å². The SMILES string of the molecule is CC(NCCN(C)C1CCS(=O)(=O)C1)c1ccco1. The molecule has 0 aliphatic carbocycles. The molecule has 0 radical (unpaired) electrons. The van der Waals surface area contributed by atoms with Crippen molar-refractivity contribution in [1.82, 2.24) is 10.2 Å². The summed E-state index contributed by atoms with van der Waals surface area (Å²) < 4.78 is 28.2. The minimum atomic E-state index is -2.79. The second-order valence-electron chi connectivity index (χ2n) is 5.23. The fraction of sp³-hybridized carbons (Fsp3) is 0.692. The summed E-state index contributed by atoms with van der Waals surface area (Å²) in [6, 6.07) is 4.18. The zero-order valence-corrected chi connectivity index (χ0v) is 12.3. The Morgan fingerprint density at radius 2 is 2.37 bits per heavy atom. The molecule has 1 aliphatic heterocycles. The molecule has 108 valence electrons. The van der Waals surface area contributed by atoms with Crippen molar-refractivity contribution >= 4 is 9.84 Å². The monoisotopic (exact) mass is 286 g/mol. The van der Waals surface area contributed by atoms with Gasteiger partial charge < -0.3 is 14.6 Å². The largest absolute Gasteiger partial charge is 0.468 e. The first kappa shape index (κ1) is 14.6. The highest BCUT2D eigenvalue weighted by Crippen LogP contribution is 2.16. The Balaban J connectivity index is 1.71. The van der Waals surface area contributed by atoms with Crippen LogP contribution in [0.5, 0.6) is 0 Å². The molecule has 0 amide bonds. The van der Waals surface area contributed by atoms with Gasteiger partial charge in [0.15, 0.2) is 9.84 Å². The molecule has 0 aromatic carbocycles. The first-order valence-corrected chi connectivity index (χ1v) is 8.47. The van der Waals surface area contributed by atoms with Gasteiger partial charge in [-0.05, 0) is 32.5 Å². The second-order valence-corrected chi connectivity index (χ2v) is 7.46. The van der Waals surface area contributed by atoms with Crippen molar-refractivity contribution in [3.05, 3.63) is 24.2 Å². The van der Waals surface area contributed by atoms with E-state index in [0.29, 0.717) is 11.5 Å². The standard InChI is InChI=1S/C13H22N2O3S/c1-11(13-4-3-8-18-13)14-6-7-15(2)12-5-9-19(16,17)10-12/h3-4,8,11-12,14H,5-7,9-10H2,1-2H3. The summed E-state index contributed by atoms with van der Waals surface area (Å²) in [5, 5.41) is 3.38. The number of furan rings is 1. The fourth-order valence-electron chi connectivity index (χ4n) is 2.40. The molecular weight excluding hydrogens is 264 g/mol. The molecule has 1 aromatic heterocycles. The van der Waals surface area contributed by atoms with E-state index in [9.17, 15) is 8.42 Å². The Labute approximate surface area is 114 Å². The van der Waals surface area contributed by atoms with Crippen LogP contribution in [0.4, 0.5) is 0 Å². The van der Waals surface area contributed by atoms with Crippen LogP contribution in [0.1, 0.15) is 25.1 Å². The summed E-state index contributed by atoms with van der Waals surface area (Å²) in [5.41, 5.74) is 0. The summed E-state index contributed by atoms with van der Waals surface area (Å²) in [7, 11) is -0.804. The number of rotatable bonds is 6. The molecule has 1 N–H and O–H groups in total. The van der Waals surface area contributed by atoms with Gasteiger partial charge in [-0.1, -0.05) is 0 Å². The molecule has 5 nitrogen and oxygen atoms in total. The van der Waals surface area contributed by atoms with Crippen LogP contribution in [-0.2, 0) is 9.84 Å². The van der Waals surface area contributed by atoms with Crippen LogP contribution in [0.2, 0.25) is 0 Å². The third-order valence-corrected chi connectivity index (χ3v) is 5.47. The van der Waals surface area contributed by atoms with Crippen LogP contribution in [0.15, 0.2) is 22.8 Å². The Morgan fingerprint density at radius 3 is 2.95 bits per heavy atom. The van der Waals surface area contributed by atoms with Crippen molar-refractivity contribution in [2.45, 2.75) is 25.4 Å². The molecule has 1 saturated heterocycles. The number of likely N-dealkylation sites (N-methyl/N-ethyl adjacent to an activating group) is 1. The van der Waals surface area contributed by atoms with E-state index in [4.69, 9.17) is 4.42 Å². The average Bonchev–Trinajstić information content (AvgIpc) is 2.97. The lowest BCUT2D eigenvalue weighted by Gasteiger charge is -2.23. The van der Waals surface area contributed by atoms with Crippen LogP contribution in [0.25, 0.3) is 0 Å². The van der Waals surface area contributed by atoms with E-state index < -0.39 is 9.84 Å².